The second-order valence-corrected chi connectivity index (χ2v) is 7.08. The molecule has 1 atom stereocenters. The van der Waals surface area contributed by atoms with Gasteiger partial charge in [0, 0.05) is 43.0 Å². The fourth-order valence-electron chi connectivity index (χ4n) is 3.21. The van der Waals surface area contributed by atoms with Crippen molar-refractivity contribution in [3.05, 3.63) is 48.0 Å². The van der Waals surface area contributed by atoms with Gasteiger partial charge >= 0.3 is 0 Å². The zero-order valence-corrected chi connectivity index (χ0v) is 14.9. The summed E-state index contributed by atoms with van der Waals surface area (Å²) in [5.74, 6) is 0.925. The Balaban J connectivity index is 1.60. The minimum atomic E-state index is -0.567. The first-order valence-corrected chi connectivity index (χ1v) is 9.41. The molecule has 1 N–H and O–H groups in total. The highest BCUT2D eigenvalue weighted by Crippen LogP contribution is 2.30. The standard InChI is InChI=1S/C18H23N3O2S/c1-20-12-9-19-17(20)16(22)13-7-10-21(11-8-13)18(23)14-3-5-15(24-2)6-4-14/h3-6,9,12-13,16,22H,7-8,10-11H2,1-2H3/t16-/m1/s1. The van der Waals surface area contributed by atoms with Crippen molar-refractivity contribution >= 4 is 17.7 Å². The van der Waals surface area contributed by atoms with E-state index in [-0.39, 0.29) is 11.8 Å². The van der Waals surface area contributed by atoms with Gasteiger partial charge in [0.25, 0.3) is 5.91 Å². The molecule has 1 aromatic heterocycles. The highest BCUT2D eigenvalue weighted by atomic mass is 32.2. The molecule has 1 amide bonds. The number of rotatable bonds is 4. The van der Waals surface area contributed by atoms with Crippen molar-refractivity contribution in [2.75, 3.05) is 19.3 Å². The second kappa shape index (κ2) is 7.40. The van der Waals surface area contributed by atoms with Crippen molar-refractivity contribution in [2.45, 2.75) is 23.8 Å². The van der Waals surface area contributed by atoms with E-state index in [2.05, 4.69) is 4.98 Å². The van der Waals surface area contributed by atoms with Gasteiger partial charge in [0.15, 0.2) is 0 Å². The Morgan fingerprint density at radius 2 is 1.96 bits per heavy atom. The Labute approximate surface area is 146 Å². The summed E-state index contributed by atoms with van der Waals surface area (Å²) >= 11 is 1.67. The summed E-state index contributed by atoms with van der Waals surface area (Å²) in [6.45, 7) is 1.35. The number of amides is 1. The van der Waals surface area contributed by atoms with Gasteiger partial charge in [-0.2, -0.15) is 0 Å². The predicted molar refractivity (Wildman–Crippen MR) is 95.0 cm³/mol. The van der Waals surface area contributed by atoms with Gasteiger partial charge in [0.1, 0.15) is 11.9 Å². The monoisotopic (exact) mass is 345 g/mol. The fourth-order valence-corrected chi connectivity index (χ4v) is 3.62. The normalized spacial score (nSPS) is 17.0. The Morgan fingerprint density at radius 1 is 1.29 bits per heavy atom. The van der Waals surface area contributed by atoms with Crippen LogP contribution in [0.2, 0.25) is 0 Å². The molecule has 128 valence electrons. The van der Waals surface area contributed by atoms with Crippen LogP contribution in [0, 0.1) is 5.92 Å². The molecule has 1 aromatic carbocycles. The molecular weight excluding hydrogens is 322 g/mol. The zero-order chi connectivity index (χ0) is 17.1. The second-order valence-electron chi connectivity index (χ2n) is 6.20. The average molecular weight is 345 g/mol. The maximum absolute atomic E-state index is 12.6. The lowest BCUT2D eigenvalue weighted by Gasteiger charge is -2.34. The third kappa shape index (κ3) is 3.49. The molecule has 0 aliphatic carbocycles. The highest BCUT2D eigenvalue weighted by Gasteiger charge is 2.30. The van der Waals surface area contributed by atoms with Crippen molar-refractivity contribution in [1.82, 2.24) is 14.5 Å². The van der Waals surface area contributed by atoms with E-state index in [0.717, 1.165) is 23.3 Å². The molecule has 0 unspecified atom stereocenters. The number of carbonyl (C=O) groups is 1. The van der Waals surface area contributed by atoms with Gasteiger partial charge in [0.2, 0.25) is 0 Å². The van der Waals surface area contributed by atoms with Crippen LogP contribution >= 0.6 is 11.8 Å². The summed E-state index contributed by atoms with van der Waals surface area (Å²) < 4.78 is 1.86. The van der Waals surface area contributed by atoms with E-state index in [4.69, 9.17) is 0 Å². The summed E-state index contributed by atoms with van der Waals surface area (Å²) in [5.41, 5.74) is 0.732. The molecule has 5 nitrogen and oxygen atoms in total. The summed E-state index contributed by atoms with van der Waals surface area (Å²) in [6.07, 6.45) is 6.59. The van der Waals surface area contributed by atoms with Crippen LogP contribution < -0.4 is 0 Å². The van der Waals surface area contributed by atoms with E-state index in [1.54, 1.807) is 18.0 Å². The molecule has 24 heavy (non-hydrogen) atoms. The van der Waals surface area contributed by atoms with E-state index >= 15 is 0 Å². The number of thioether (sulfide) groups is 1. The number of benzene rings is 1. The van der Waals surface area contributed by atoms with Crippen LogP contribution in [0.3, 0.4) is 0 Å². The topological polar surface area (TPSA) is 58.4 Å². The molecule has 2 aromatic rings. The lowest BCUT2D eigenvalue weighted by molar-refractivity contribution is 0.0420. The minimum absolute atomic E-state index is 0.0765. The number of carbonyl (C=O) groups excluding carboxylic acids is 1. The van der Waals surface area contributed by atoms with Crippen LogP contribution in [0.4, 0.5) is 0 Å². The number of likely N-dealkylation sites (tertiary alicyclic amines) is 1. The maximum atomic E-state index is 12.6. The number of aliphatic hydroxyl groups is 1. The van der Waals surface area contributed by atoms with E-state index in [1.165, 1.54) is 0 Å². The first kappa shape index (κ1) is 17.0. The molecule has 1 aliphatic heterocycles. The zero-order valence-electron chi connectivity index (χ0n) is 14.1. The highest BCUT2D eigenvalue weighted by molar-refractivity contribution is 7.98. The third-order valence-electron chi connectivity index (χ3n) is 4.73. The number of aryl methyl sites for hydroxylation is 1. The first-order chi connectivity index (χ1) is 11.6. The van der Waals surface area contributed by atoms with E-state index in [9.17, 15) is 9.90 Å². The number of nitrogens with zero attached hydrogens (tertiary/aromatic N) is 3. The molecule has 0 radical (unpaired) electrons. The third-order valence-corrected chi connectivity index (χ3v) is 5.48. The average Bonchev–Trinajstić information content (AvgIpc) is 3.06. The molecule has 3 rings (SSSR count). The Hall–Kier alpha value is -1.79. The van der Waals surface area contributed by atoms with Crippen LogP contribution in [-0.4, -0.2) is 44.8 Å². The van der Waals surface area contributed by atoms with Crippen molar-refractivity contribution < 1.29 is 9.90 Å². The van der Waals surface area contributed by atoms with Crippen molar-refractivity contribution in [1.29, 1.82) is 0 Å². The van der Waals surface area contributed by atoms with Gasteiger partial charge < -0.3 is 14.6 Å². The number of aliphatic hydroxyl groups excluding tert-OH is 1. The molecule has 0 saturated carbocycles. The summed E-state index contributed by atoms with van der Waals surface area (Å²) in [6, 6.07) is 7.75. The number of aromatic nitrogens is 2. The molecule has 0 bridgehead atoms. The Morgan fingerprint density at radius 3 is 2.50 bits per heavy atom. The number of imidazole rings is 1. The van der Waals surface area contributed by atoms with Crippen LogP contribution in [-0.2, 0) is 7.05 Å². The molecule has 1 fully saturated rings. The SMILES string of the molecule is CSc1ccc(C(=O)N2CCC([C@@H](O)c3nccn3C)CC2)cc1. The molecule has 6 heteroatoms. The van der Waals surface area contributed by atoms with E-state index in [0.29, 0.717) is 18.9 Å². The minimum Gasteiger partial charge on any atom is -0.385 e. The van der Waals surface area contributed by atoms with Gasteiger partial charge in [0.05, 0.1) is 0 Å². The quantitative estimate of drug-likeness (QED) is 0.866. The van der Waals surface area contributed by atoms with Gasteiger partial charge in [-0.25, -0.2) is 4.98 Å². The molecule has 1 aliphatic rings. The van der Waals surface area contributed by atoms with Gasteiger partial charge in [-0.3, -0.25) is 4.79 Å². The first-order valence-electron chi connectivity index (χ1n) is 8.18. The van der Waals surface area contributed by atoms with Gasteiger partial charge in [-0.1, -0.05) is 0 Å². The van der Waals surface area contributed by atoms with E-state index < -0.39 is 6.10 Å². The predicted octanol–water partition coefficient (Wildman–Crippen LogP) is 2.73. The summed E-state index contributed by atoms with van der Waals surface area (Å²) in [4.78, 5) is 19.9. The van der Waals surface area contributed by atoms with Gasteiger partial charge in [-0.05, 0) is 49.3 Å². The van der Waals surface area contributed by atoms with Gasteiger partial charge in [-0.15, -0.1) is 11.8 Å². The molecular formula is C18H23N3O2S. The summed E-state index contributed by atoms with van der Waals surface area (Å²) in [5, 5.41) is 10.5. The number of hydrogen-bond acceptors (Lipinski definition) is 4. The van der Waals surface area contributed by atoms with Crippen LogP contribution in [0.1, 0.15) is 35.1 Å². The lowest BCUT2D eigenvalue weighted by Crippen LogP contribution is -2.40. The maximum Gasteiger partial charge on any atom is 0.253 e. The molecule has 2 heterocycles. The van der Waals surface area contributed by atoms with Crippen LogP contribution in [0.15, 0.2) is 41.6 Å². The molecule has 0 spiro atoms. The smallest absolute Gasteiger partial charge is 0.253 e. The van der Waals surface area contributed by atoms with Crippen molar-refractivity contribution in [3.8, 4) is 0 Å². The van der Waals surface area contributed by atoms with Crippen molar-refractivity contribution in [3.63, 3.8) is 0 Å². The molecule has 1 saturated heterocycles. The number of piperidine rings is 1. The van der Waals surface area contributed by atoms with Crippen molar-refractivity contribution in [2.24, 2.45) is 13.0 Å². The van der Waals surface area contributed by atoms with E-state index in [1.807, 2.05) is 53.2 Å². The number of hydrogen-bond donors (Lipinski definition) is 1. The van der Waals surface area contributed by atoms with Crippen LogP contribution in [0.5, 0.6) is 0 Å². The van der Waals surface area contributed by atoms with Crippen LogP contribution in [0.25, 0.3) is 0 Å². The Bertz CT molecular complexity index is 691. The lowest BCUT2D eigenvalue weighted by atomic mass is 9.90. The largest absolute Gasteiger partial charge is 0.385 e. The Kier molecular flexibility index (Phi) is 5.26. The fraction of sp³-hybridized carbons (Fsp3) is 0.444. The summed E-state index contributed by atoms with van der Waals surface area (Å²) in [7, 11) is 1.89.